The summed E-state index contributed by atoms with van der Waals surface area (Å²) in [5.74, 6) is 0.769. The van der Waals surface area contributed by atoms with Gasteiger partial charge >= 0.3 is 0 Å². The highest BCUT2D eigenvalue weighted by Gasteiger charge is 2.50. The summed E-state index contributed by atoms with van der Waals surface area (Å²) in [7, 11) is -5.09. The SMILES string of the molecule is COc1ccc(CO[C@@H](CCOS(=O)(=O)c2ccc(C)cc2)CO[Si](c2ccccc2)(c2ccccc2)C(C)(C)C)cc1. The van der Waals surface area contributed by atoms with Crippen molar-refractivity contribution < 1.29 is 26.5 Å². The van der Waals surface area contributed by atoms with Crippen LogP contribution in [0.3, 0.4) is 0 Å². The fraction of sp³-hybridized carbons (Fsp3) is 0.314. The highest BCUT2D eigenvalue weighted by atomic mass is 32.2. The van der Waals surface area contributed by atoms with Crippen molar-refractivity contribution in [1.29, 1.82) is 0 Å². The van der Waals surface area contributed by atoms with Crippen molar-refractivity contribution in [3.05, 3.63) is 120 Å². The predicted octanol–water partition coefficient (Wildman–Crippen LogP) is 6.26. The zero-order valence-electron chi connectivity index (χ0n) is 25.7. The molecule has 4 aromatic carbocycles. The first kappa shape index (κ1) is 32.6. The lowest BCUT2D eigenvalue weighted by Gasteiger charge is -2.43. The van der Waals surface area contributed by atoms with Gasteiger partial charge in [-0.1, -0.05) is 111 Å². The van der Waals surface area contributed by atoms with Crippen LogP contribution in [0.1, 0.15) is 38.3 Å². The molecule has 0 aromatic heterocycles. The summed E-state index contributed by atoms with van der Waals surface area (Å²) in [5.41, 5.74) is 1.95. The van der Waals surface area contributed by atoms with Crippen molar-refractivity contribution in [2.24, 2.45) is 0 Å². The first-order valence-corrected chi connectivity index (χ1v) is 17.8. The zero-order valence-corrected chi connectivity index (χ0v) is 27.5. The Bertz CT molecular complexity index is 1480. The molecule has 0 fully saturated rings. The molecule has 0 amide bonds. The molecule has 0 saturated carbocycles. The van der Waals surface area contributed by atoms with Crippen molar-refractivity contribution in [3.8, 4) is 5.75 Å². The quantitative estimate of drug-likeness (QED) is 0.123. The van der Waals surface area contributed by atoms with Crippen LogP contribution in [0.15, 0.2) is 114 Å². The molecule has 0 radical (unpaired) electrons. The summed E-state index contributed by atoms with van der Waals surface area (Å²) in [4.78, 5) is 0.136. The maximum atomic E-state index is 12.9. The fourth-order valence-electron chi connectivity index (χ4n) is 5.19. The first-order chi connectivity index (χ1) is 20.5. The number of aryl methyl sites for hydroxylation is 1. The Labute approximate surface area is 257 Å². The van der Waals surface area contributed by atoms with Gasteiger partial charge in [0.05, 0.1) is 37.9 Å². The second-order valence-corrected chi connectivity index (χ2v) is 17.6. The Balaban J connectivity index is 1.59. The van der Waals surface area contributed by atoms with Gasteiger partial charge in [0.2, 0.25) is 0 Å². The third-order valence-corrected chi connectivity index (χ3v) is 13.9. The maximum absolute atomic E-state index is 12.9. The Kier molecular flexibility index (Phi) is 11.0. The first-order valence-electron chi connectivity index (χ1n) is 14.5. The highest BCUT2D eigenvalue weighted by Crippen LogP contribution is 2.37. The Morgan fingerprint density at radius 3 is 1.84 bits per heavy atom. The normalized spacial score (nSPS) is 13.0. The number of ether oxygens (including phenoxy) is 2. The van der Waals surface area contributed by atoms with Gasteiger partial charge in [0.25, 0.3) is 18.4 Å². The standard InChI is InChI=1S/C35H42O6SSi/c1-28-16-22-32(23-17-28)42(36,37)40-25-24-31(39-26-29-18-20-30(38-5)21-19-29)27-41-43(35(2,3)4,33-12-8-6-9-13-33)34-14-10-7-11-15-34/h6-23,31H,24-27H2,1-5H3/t31-/m0/s1. The van der Waals surface area contributed by atoms with Gasteiger partial charge in [-0.3, -0.25) is 4.18 Å². The van der Waals surface area contributed by atoms with E-state index in [-0.39, 0.29) is 23.1 Å². The average molecular weight is 619 g/mol. The van der Waals surface area contributed by atoms with Gasteiger partial charge in [0.1, 0.15) is 5.75 Å². The molecule has 0 heterocycles. The van der Waals surface area contributed by atoms with Crippen molar-refractivity contribution in [3.63, 3.8) is 0 Å². The third kappa shape index (κ3) is 8.22. The van der Waals surface area contributed by atoms with Gasteiger partial charge in [0, 0.05) is 6.42 Å². The number of methoxy groups -OCH3 is 1. The zero-order chi connectivity index (χ0) is 30.9. The van der Waals surface area contributed by atoms with E-state index in [9.17, 15) is 8.42 Å². The van der Waals surface area contributed by atoms with Gasteiger partial charge in [-0.15, -0.1) is 0 Å². The molecule has 0 unspecified atom stereocenters. The van der Waals surface area contributed by atoms with Gasteiger partial charge in [-0.25, -0.2) is 0 Å². The van der Waals surface area contributed by atoms with E-state index < -0.39 is 24.5 Å². The summed E-state index contributed by atoms with van der Waals surface area (Å²) < 4.78 is 50.0. The molecule has 4 rings (SSSR count). The topological polar surface area (TPSA) is 71.1 Å². The monoisotopic (exact) mass is 618 g/mol. The Morgan fingerprint density at radius 1 is 0.767 bits per heavy atom. The summed E-state index contributed by atoms with van der Waals surface area (Å²) in [6.07, 6.45) is -0.0867. The van der Waals surface area contributed by atoms with Crippen LogP contribution in [0.4, 0.5) is 0 Å². The average Bonchev–Trinajstić information content (AvgIpc) is 3.00. The van der Waals surface area contributed by atoms with E-state index in [1.165, 1.54) is 10.4 Å². The predicted molar refractivity (Wildman–Crippen MR) is 174 cm³/mol. The number of rotatable bonds is 14. The lowest BCUT2D eigenvalue weighted by atomic mass is 10.2. The molecule has 0 aliphatic rings. The summed E-state index contributed by atoms with van der Waals surface area (Å²) in [5, 5.41) is 2.13. The summed E-state index contributed by atoms with van der Waals surface area (Å²) in [6.45, 7) is 9.17. The number of hydrogen-bond donors (Lipinski definition) is 0. The minimum atomic E-state index is -3.90. The van der Waals surface area contributed by atoms with E-state index in [4.69, 9.17) is 18.1 Å². The molecular weight excluding hydrogens is 577 g/mol. The van der Waals surface area contributed by atoms with E-state index in [2.05, 4.69) is 69.3 Å². The van der Waals surface area contributed by atoms with Crippen LogP contribution in [0.2, 0.25) is 5.04 Å². The molecule has 228 valence electrons. The van der Waals surface area contributed by atoms with E-state index in [1.54, 1.807) is 31.4 Å². The van der Waals surface area contributed by atoms with Gasteiger partial charge in [-0.2, -0.15) is 8.42 Å². The molecule has 0 bridgehead atoms. The third-order valence-electron chi connectivity index (χ3n) is 7.54. The van der Waals surface area contributed by atoms with Gasteiger partial charge < -0.3 is 13.9 Å². The van der Waals surface area contributed by atoms with Crippen molar-refractivity contribution in [2.45, 2.75) is 56.8 Å². The minimum absolute atomic E-state index is 0.0341. The van der Waals surface area contributed by atoms with Gasteiger partial charge in [0.15, 0.2) is 0 Å². The number of hydrogen-bond acceptors (Lipinski definition) is 6. The molecule has 0 spiro atoms. The molecular formula is C35H42O6SSi. The Hall–Kier alpha value is -3.27. The second-order valence-electron chi connectivity index (χ2n) is 11.6. The largest absolute Gasteiger partial charge is 0.497 e. The Morgan fingerprint density at radius 2 is 1.33 bits per heavy atom. The molecule has 0 aliphatic carbocycles. The van der Waals surface area contributed by atoms with Gasteiger partial charge in [-0.05, 0) is 52.2 Å². The second kappa shape index (κ2) is 14.5. The van der Waals surface area contributed by atoms with Crippen molar-refractivity contribution >= 4 is 28.8 Å². The van der Waals surface area contributed by atoms with Crippen LogP contribution in [0.25, 0.3) is 0 Å². The minimum Gasteiger partial charge on any atom is -0.497 e. The molecule has 43 heavy (non-hydrogen) atoms. The molecule has 8 heteroatoms. The fourth-order valence-corrected chi connectivity index (χ4v) is 10.7. The number of benzene rings is 4. The maximum Gasteiger partial charge on any atom is 0.296 e. The van der Waals surface area contributed by atoms with Crippen molar-refractivity contribution in [2.75, 3.05) is 20.3 Å². The summed E-state index contributed by atoms with van der Waals surface area (Å²) >= 11 is 0. The lowest BCUT2D eigenvalue weighted by molar-refractivity contribution is -0.00416. The molecule has 0 aliphatic heterocycles. The van der Waals surface area contributed by atoms with Crippen molar-refractivity contribution in [1.82, 2.24) is 0 Å². The van der Waals surface area contributed by atoms with Crippen LogP contribution in [0.5, 0.6) is 5.75 Å². The van der Waals surface area contributed by atoms with E-state index in [0.29, 0.717) is 13.0 Å². The van der Waals surface area contributed by atoms with Crippen LogP contribution in [-0.2, 0) is 30.1 Å². The van der Waals surface area contributed by atoms with Crippen LogP contribution >= 0.6 is 0 Å². The van der Waals surface area contributed by atoms with E-state index in [1.807, 2.05) is 43.3 Å². The van der Waals surface area contributed by atoms with Crippen LogP contribution in [0, 0.1) is 6.92 Å². The highest BCUT2D eigenvalue weighted by molar-refractivity contribution is 7.86. The molecule has 6 nitrogen and oxygen atoms in total. The van der Waals surface area contributed by atoms with E-state index in [0.717, 1.165) is 16.9 Å². The molecule has 1 atom stereocenters. The summed E-state index contributed by atoms with van der Waals surface area (Å²) in [6, 6.07) is 35.2. The molecule has 0 N–H and O–H groups in total. The smallest absolute Gasteiger partial charge is 0.296 e. The lowest BCUT2D eigenvalue weighted by Crippen LogP contribution is -2.67. The van der Waals surface area contributed by atoms with Crippen LogP contribution in [-0.4, -0.2) is 43.2 Å². The molecule has 0 saturated heterocycles. The van der Waals surface area contributed by atoms with E-state index >= 15 is 0 Å². The molecule has 4 aromatic rings. The van der Waals surface area contributed by atoms with Crippen LogP contribution < -0.4 is 15.1 Å².